The van der Waals surface area contributed by atoms with Gasteiger partial charge in [-0.1, -0.05) is 12.1 Å². The molecule has 3 nitrogen and oxygen atoms in total. The zero-order valence-electron chi connectivity index (χ0n) is 7.27. The summed E-state index contributed by atoms with van der Waals surface area (Å²) in [6.45, 7) is 0. The SMILES string of the molecule is c1ncc(-c2ccc3cnsc3c2)[nH]1. The summed E-state index contributed by atoms with van der Waals surface area (Å²) in [6, 6.07) is 6.28. The number of aromatic nitrogens is 3. The van der Waals surface area contributed by atoms with E-state index >= 15 is 0 Å². The van der Waals surface area contributed by atoms with Crippen LogP contribution < -0.4 is 0 Å². The van der Waals surface area contributed by atoms with Crippen molar-refractivity contribution in [2.75, 3.05) is 0 Å². The maximum Gasteiger partial charge on any atom is 0.0924 e. The molecule has 14 heavy (non-hydrogen) atoms. The highest BCUT2D eigenvalue weighted by atomic mass is 32.1. The molecule has 3 rings (SSSR count). The average molecular weight is 201 g/mol. The maximum atomic E-state index is 4.14. The molecule has 2 aromatic heterocycles. The van der Waals surface area contributed by atoms with E-state index in [9.17, 15) is 0 Å². The van der Waals surface area contributed by atoms with Crippen molar-refractivity contribution in [3.63, 3.8) is 0 Å². The van der Waals surface area contributed by atoms with Gasteiger partial charge in [0.05, 0.1) is 22.9 Å². The molecule has 0 amide bonds. The van der Waals surface area contributed by atoms with Crippen molar-refractivity contribution in [2.45, 2.75) is 0 Å². The van der Waals surface area contributed by atoms with Gasteiger partial charge in [-0.25, -0.2) is 4.98 Å². The number of nitrogens with zero attached hydrogens (tertiary/aromatic N) is 2. The molecule has 68 valence electrons. The van der Waals surface area contributed by atoms with Crippen LogP contribution in [0.3, 0.4) is 0 Å². The molecule has 4 heteroatoms. The van der Waals surface area contributed by atoms with Crippen molar-refractivity contribution >= 4 is 21.6 Å². The van der Waals surface area contributed by atoms with Gasteiger partial charge in [0.1, 0.15) is 0 Å². The zero-order valence-corrected chi connectivity index (χ0v) is 8.08. The lowest BCUT2D eigenvalue weighted by atomic mass is 10.1. The van der Waals surface area contributed by atoms with Crippen LogP contribution in [0.5, 0.6) is 0 Å². The third-order valence-corrected chi connectivity index (χ3v) is 2.93. The van der Waals surface area contributed by atoms with E-state index in [-0.39, 0.29) is 0 Å². The van der Waals surface area contributed by atoms with Gasteiger partial charge in [-0.15, -0.1) is 0 Å². The van der Waals surface area contributed by atoms with E-state index in [1.54, 1.807) is 6.33 Å². The minimum atomic E-state index is 1.04. The Labute approximate surface area is 84.6 Å². The van der Waals surface area contributed by atoms with E-state index in [1.807, 2.05) is 12.4 Å². The zero-order chi connectivity index (χ0) is 9.38. The van der Waals surface area contributed by atoms with Gasteiger partial charge in [0, 0.05) is 17.1 Å². The van der Waals surface area contributed by atoms with Crippen LogP contribution in [0.4, 0.5) is 0 Å². The summed E-state index contributed by atoms with van der Waals surface area (Å²) in [5, 5.41) is 1.19. The molecule has 0 aliphatic rings. The topological polar surface area (TPSA) is 41.6 Å². The second-order valence-corrected chi connectivity index (χ2v) is 3.88. The van der Waals surface area contributed by atoms with E-state index in [4.69, 9.17) is 0 Å². The number of benzene rings is 1. The number of hydrogen-bond donors (Lipinski definition) is 1. The second kappa shape index (κ2) is 2.92. The van der Waals surface area contributed by atoms with Crippen LogP contribution in [0.2, 0.25) is 0 Å². The summed E-state index contributed by atoms with van der Waals surface area (Å²) < 4.78 is 5.35. The van der Waals surface area contributed by atoms with Gasteiger partial charge >= 0.3 is 0 Å². The molecule has 2 heterocycles. The highest BCUT2D eigenvalue weighted by Gasteiger charge is 2.01. The van der Waals surface area contributed by atoms with Gasteiger partial charge in [0.15, 0.2) is 0 Å². The van der Waals surface area contributed by atoms with Gasteiger partial charge in [-0.3, -0.25) is 0 Å². The lowest BCUT2D eigenvalue weighted by Gasteiger charge is -1.96. The summed E-state index contributed by atoms with van der Waals surface area (Å²) in [5.74, 6) is 0. The number of rotatable bonds is 1. The van der Waals surface area contributed by atoms with Crippen LogP contribution in [-0.2, 0) is 0 Å². The van der Waals surface area contributed by atoms with Crippen LogP contribution in [-0.4, -0.2) is 14.3 Å². The van der Waals surface area contributed by atoms with E-state index in [1.165, 1.54) is 21.6 Å². The van der Waals surface area contributed by atoms with Crippen molar-refractivity contribution in [1.29, 1.82) is 0 Å². The van der Waals surface area contributed by atoms with Crippen molar-refractivity contribution < 1.29 is 0 Å². The van der Waals surface area contributed by atoms with Gasteiger partial charge in [0.25, 0.3) is 0 Å². The summed E-state index contributed by atoms with van der Waals surface area (Å²) in [4.78, 5) is 7.08. The highest BCUT2D eigenvalue weighted by Crippen LogP contribution is 2.24. The third-order valence-electron chi connectivity index (χ3n) is 2.17. The Morgan fingerprint density at radius 2 is 2.21 bits per heavy atom. The monoisotopic (exact) mass is 201 g/mol. The van der Waals surface area contributed by atoms with E-state index in [0.717, 1.165) is 11.3 Å². The van der Waals surface area contributed by atoms with Crippen molar-refractivity contribution in [3.05, 3.63) is 36.9 Å². The number of hydrogen-bond acceptors (Lipinski definition) is 3. The Kier molecular flexibility index (Phi) is 1.61. The highest BCUT2D eigenvalue weighted by molar-refractivity contribution is 7.13. The average Bonchev–Trinajstić information content (AvgIpc) is 2.88. The number of nitrogens with one attached hydrogen (secondary N) is 1. The first-order valence-corrected chi connectivity index (χ1v) is 5.04. The quantitative estimate of drug-likeness (QED) is 0.657. The Morgan fingerprint density at radius 1 is 1.21 bits per heavy atom. The third kappa shape index (κ3) is 1.12. The molecule has 0 spiro atoms. The molecule has 3 aromatic rings. The van der Waals surface area contributed by atoms with Gasteiger partial charge in [0.2, 0.25) is 0 Å². The Morgan fingerprint density at radius 3 is 3.07 bits per heavy atom. The van der Waals surface area contributed by atoms with Crippen molar-refractivity contribution in [1.82, 2.24) is 14.3 Å². The molecule has 0 radical (unpaired) electrons. The van der Waals surface area contributed by atoms with Gasteiger partial charge < -0.3 is 4.98 Å². The van der Waals surface area contributed by atoms with Crippen LogP contribution in [0.25, 0.3) is 21.3 Å². The number of H-pyrrole nitrogens is 1. The second-order valence-electron chi connectivity index (χ2n) is 3.04. The predicted octanol–water partition coefficient (Wildman–Crippen LogP) is 2.69. The Bertz CT molecular complexity index is 554. The van der Waals surface area contributed by atoms with Crippen LogP contribution in [0.1, 0.15) is 0 Å². The molecule has 0 aliphatic carbocycles. The van der Waals surface area contributed by atoms with Crippen LogP contribution in [0, 0.1) is 0 Å². The minimum absolute atomic E-state index is 1.04. The smallest absolute Gasteiger partial charge is 0.0924 e. The van der Waals surface area contributed by atoms with E-state index in [0.29, 0.717) is 0 Å². The molecule has 0 fully saturated rings. The first kappa shape index (κ1) is 7.70. The fraction of sp³-hybridized carbons (Fsp3) is 0. The molecule has 0 bridgehead atoms. The standard InChI is InChI=1S/C10H7N3S/c1-2-8-4-13-14-10(8)3-7(1)9-5-11-6-12-9/h1-6H,(H,11,12). The molecular weight excluding hydrogens is 194 g/mol. The van der Waals surface area contributed by atoms with E-state index < -0.39 is 0 Å². The molecule has 1 N–H and O–H groups in total. The lowest BCUT2D eigenvalue weighted by Crippen LogP contribution is -1.75. The molecule has 0 atom stereocenters. The van der Waals surface area contributed by atoms with Gasteiger partial charge in [-0.2, -0.15) is 4.37 Å². The summed E-state index contributed by atoms with van der Waals surface area (Å²) in [5.41, 5.74) is 2.19. The normalized spacial score (nSPS) is 10.9. The molecule has 0 saturated heterocycles. The largest absolute Gasteiger partial charge is 0.345 e. The first-order chi connectivity index (χ1) is 6.93. The number of aromatic amines is 1. The molecular formula is C10H7N3S. The molecule has 0 saturated carbocycles. The summed E-state index contributed by atoms with van der Waals surface area (Å²) in [6.07, 6.45) is 5.39. The van der Waals surface area contributed by atoms with E-state index in [2.05, 4.69) is 32.5 Å². The Balaban J connectivity index is 2.23. The number of imidazole rings is 1. The van der Waals surface area contributed by atoms with Gasteiger partial charge in [-0.05, 0) is 17.6 Å². The molecule has 1 aromatic carbocycles. The maximum absolute atomic E-state index is 4.14. The summed E-state index contributed by atoms with van der Waals surface area (Å²) in [7, 11) is 0. The van der Waals surface area contributed by atoms with Crippen LogP contribution >= 0.6 is 11.5 Å². The fourth-order valence-electron chi connectivity index (χ4n) is 1.44. The van der Waals surface area contributed by atoms with Crippen molar-refractivity contribution in [3.8, 4) is 11.3 Å². The molecule has 0 aliphatic heterocycles. The predicted molar refractivity (Wildman–Crippen MR) is 57.2 cm³/mol. The van der Waals surface area contributed by atoms with Crippen LogP contribution in [0.15, 0.2) is 36.9 Å². The number of fused-ring (bicyclic) bond motifs is 1. The Hall–Kier alpha value is -1.68. The van der Waals surface area contributed by atoms with Crippen molar-refractivity contribution in [2.24, 2.45) is 0 Å². The minimum Gasteiger partial charge on any atom is -0.345 e. The molecule has 0 unspecified atom stereocenters. The first-order valence-electron chi connectivity index (χ1n) is 4.27. The fourth-order valence-corrected chi connectivity index (χ4v) is 2.13. The summed E-state index contributed by atoms with van der Waals surface area (Å²) >= 11 is 1.51. The lowest BCUT2D eigenvalue weighted by molar-refractivity contribution is 1.31.